The van der Waals surface area contributed by atoms with E-state index in [4.69, 9.17) is 4.74 Å². The normalized spacial score (nSPS) is 14.8. The molecule has 0 fully saturated rings. The Morgan fingerprint density at radius 3 is 3.07 bits per heavy atom. The third kappa shape index (κ3) is 2.06. The lowest BCUT2D eigenvalue weighted by atomic mass is 10.2. The van der Waals surface area contributed by atoms with Gasteiger partial charge in [-0.25, -0.2) is 4.39 Å². The van der Waals surface area contributed by atoms with E-state index in [9.17, 15) is 9.18 Å². The maximum atomic E-state index is 12.3. The van der Waals surface area contributed by atoms with E-state index in [1.54, 1.807) is 6.07 Å². The number of rotatable bonds is 2. The summed E-state index contributed by atoms with van der Waals surface area (Å²) in [6.07, 6.45) is 0. The molecular weight excluding hydrogens is 312 g/mol. The van der Waals surface area contributed by atoms with Crippen molar-refractivity contribution in [3.8, 4) is 5.75 Å². The van der Waals surface area contributed by atoms with E-state index < -0.39 is 6.67 Å². The molecule has 0 saturated carbocycles. The molecular formula is C10H9FINO2. The highest BCUT2D eigenvalue weighted by Crippen LogP contribution is 2.33. The van der Waals surface area contributed by atoms with Gasteiger partial charge in [0, 0.05) is 3.57 Å². The molecule has 3 nitrogen and oxygen atoms in total. The van der Waals surface area contributed by atoms with Gasteiger partial charge in [0.25, 0.3) is 5.91 Å². The molecule has 2 rings (SSSR count). The van der Waals surface area contributed by atoms with E-state index in [1.165, 1.54) is 4.90 Å². The van der Waals surface area contributed by atoms with Crippen LogP contribution in [0.2, 0.25) is 0 Å². The fourth-order valence-electron chi connectivity index (χ4n) is 1.50. The summed E-state index contributed by atoms with van der Waals surface area (Å²) < 4.78 is 18.6. The molecule has 80 valence electrons. The minimum absolute atomic E-state index is 0.00636. The SMILES string of the molecule is O=C1COc2ccc(I)cc2N1CCF. The third-order valence-electron chi connectivity index (χ3n) is 2.17. The van der Waals surface area contributed by atoms with Gasteiger partial charge < -0.3 is 9.64 Å². The number of fused-ring (bicyclic) bond motifs is 1. The smallest absolute Gasteiger partial charge is 0.265 e. The molecule has 5 heteroatoms. The summed E-state index contributed by atoms with van der Waals surface area (Å²) in [7, 11) is 0. The topological polar surface area (TPSA) is 29.5 Å². The second kappa shape index (κ2) is 4.34. The van der Waals surface area contributed by atoms with Crippen LogP contribution in [0.3, 0.4) is 0 Å². The largest absolute Gasteiger partial charge is 0.482 e. The first kappa shape index (κ1) is 10.7. The van der Waals surface area contributed by atoms with Crippen molar-refractivity contribution in [1.82, 2.24) is 0 Å². The minimum atomic E-state index is -0.545. The monoisotopic (exact) mass is 321 g/mol. The predicted octanol–water partition coefficient (Wildman–Crippen LogP) is 1.99. The Kier molecular flexibility index (Phi) is 3.08. The van der Waals surface area contributed by atoms with Crippen LogP contribution >= 0.6 is 22.6 Å². The minimum Gasteiger partial charge on any atom is -0.482 e. The molecule has 0 spiro atoms. The van der Waals surface area contributed by atoms with Gasteiger partial charge in [-0.2, -0.15) is 0 Å². The van der Waals surface area contributed by atoms with Crippen molar-refractivity contribution in [1.29, 1.82) is 0 Å². The summed E-state index contributed by atoms with van der Waals surface area (Å²) >= 11 is 2.14. The maximum absolute atomic E-state index is 12.3. The second-order valence-electron chi connectivity index (χ2n) is 3.14. The van der Waals surface area contributed by atoms with Crippen LogP contribution in [0.15, 0.2) is 18.2 Å². The Hall–Kier alpha value is -0.850. The van der Waals surface area contributed by atoms with Gasteiger partial charge in [0.05, 0.1) is 12.2 Å². The van der Waals surface area contributed by atoms with E-state index in [1.807, 2.05) is 12.1 Å². The van der Waals surface area contributed by atoms with Crippen LogP contribution in [0.5, 0.6) is 5.75 Å². The molecule has 1 amide bonds. The molecule has 0 unspecified atom stereocenters. The molecule has 0 saturated heterocycles. The number of alkyl halides is 1. The van der Waals surface area contributed by atoms with E-state index in [0.29, 0.717) is 11.4 Å². The molecule has 1 aromatic rings. The van der Waals surface area contributed by atoms with Crippen LogP contribution in [0, 0.1) is 3.57 Å². The standard InChI is InChI=1S/C10H9FINO2/c11-3-4-13-8-5-7(12)1-2-9(8)15-6-10(13)14/h1-2,5H,3-4,6H2. The summed E-state index contributed by atoms with van der Waals surface area (Å²) in [5, 5.41) is 0. The zero-order chi connectivity index (χ0) is 10.8. The number of carbonyl (C=O) groups excluding carboxylic acids is 1. The van der Waals surface area contributed by atoms with Gasteiger partial charge in [-0.3, -0.25) is 4.79 Å². The zero-order valence-electron chi connectivity index (χ0n) is 7.87. The van der Waals surface area contributed by atoms with Crippen molar-refractivity contribution in [2.75, 3.05) is 24.7 Å². The van der Waals surface area contributed by atoms with Gasteiger partial charge in [-0.15, -0.1) is 0 Å². The number of hydrogen-bond donors (Lipinski definition) is 0. The number of carbonyl (C=O) groups is 1. The van der Waals surface area contributed by atoms with Gasteiger partial charge in [-0.1, -0.05) is 0 Å². The lowest BCUT2D eigenvalue weighted by Gasteiger charge is -2.28. The Bertz CT molecular complexity index is 397. The lowest BCUT2D eigenvalue weighted by Crippen LogP contribution is -2.40. The number of ether oxygens (including phenoxy) is 1. The highest BCUT2D eigenvalue weighted by atomic mass is 127. The average Bonchev–Trinajstić information content (AvgIpc) is 2.23. The molecule has 0 atom stereocenters. The summed E-state index contributed by atoms with van der Waals surface area (Å²) in [5.41, 5.74) is 0.663. The van der Waals surface area contributed by atoms with Gasteiger partial charge in [0.1, 0.15) is 12.4 Å². The van der Waals surface area contributed by atoms with Gasteiger partial charge in [0.2, 0.25) is 0 Å². The Morgan fingerprint density at radius 2 is 2.33 bits per heavy atom. The Labute approximate surface area is 100 Å². The van der Waals surface area contributed by atoms with Crippen LogP contribution in [-0.4, -0.2) is 25.7 Å². The number of nitrogens with zero attached hydrogens (tertiary/aromatic N) is 1. The van der Waals surface area contributed by atoms with Crippen molar-refractivity contribution in [3.63, 3.8) is 0 Å². The Morgan fingerprint density at radius 1 is 1.53 bits per heavy atom. The number of anilines is 1. The molecule has 0 aromatic heterocycles. The number of benzene rings is 1. The van der Waals surface area contributed by atoms with Crippen LogP contribution in [0.1, 0.15) is 0 Å². The molecule has 0 radical (unpaired) electrons. The molecule has 0 aliphatic carbocycles. The van der Waals surface area contributed by atoms with Crippen LogP contribution in [0.4, 0.5) is 10.1 Å². The van der Waals surface area contributed by atoms with Crippen molar-refractivity contribution < 1.29 is 13.9 Å². The van der Waals surface area contributed by atoms with Crippen LogP contribution in [0.25, 0.3) is 0 Å². The van der Waals surface area contributed by atoms with Crippen LogP contribution in [-0.2, 0) is 4.79 Å². The lowest BCUT2D eigenvalue weighted by molar-refractivity contribution is -0.121. The zero-order valence-corrected chi connectivity index (χ0v) is 10.0. The third-order valence-corrected chi connectivity index (χ3v) is 2.84. The number of amides is 1. The predicted molar refractivity (Wildman–Crippen MR) is 63.0 cm³/mol. The first-order chi connectivity index (χ1) is 7.22. The second-order valence-corrected chi connectivity index (χ2v) is 4.38. The number of halogens is 2. The summed E-state index contributed by atoms with van der Waals surface area (Å²) in [4.78, 5) is 12.9. The molecule has 15 heavy (non-hydrogen) atoms. The van der Waals surface area contributed by atoms with Crippen molar-refractivity contribution in [2.45, 2.75) is 0 Å². The highest BCUT2D eigenvalue weighted by molar-refractivity contribution is 14.1. The summed E-state index contributed by atoms with van der Waals surface area (Å²) in [6.45, 7) is -0.459. The average molecular weight is 321 g/mol. The van der Waals surface area contributed by atoms with Gasteiger partial charge in [-0.05, 0) is 40.8 Å². The molecule has 0 bridgehead atoms. The van der Waals surface area contributed by atoms with Gasteiger partial charge in [0.15, 0.2) is 6.61 Å². The van der Waals surface area contributed by atoms with E-state index >= 15 is 0 Å². The fourth-order valence-corrected chi connectivity index (χ4v) is 1.98. The number of hydrogen-bond acceptors (Lipinski definition) is 2. The summed E-state index contributed by atoms with van der Waals surface area (Å²) in [6, 6.07) is 5.51. The molecule has 1 aromatic carbocycles. The molecule has 0 N–H and O–H groups in total. The maximum Gasteiger partial charge on any atom is 0.265 e. The van der Waals surface area contributed by atoms with Gasteiger partial charge >= 0.3 is 0 Å². The Balaban J connectivity index is 2.41. The molecule has 1 aliphatic rings. The fraction of sp³-hybridized carbons (Fsp3) is 0.300. The molecule has 1 aliphatic heterocycles. The van der Waals surface area contributed by atoms with E-state index in [0.717, 1.165) is 3.57 Å². The van der Waals surface area contributed by atoms with Crippen molar-refractivity contribution in [2.24, 2.45) is 0 Å². The van der Waals surface area contributed by atoms with E-state index in [2.05, 4.69) is 22.6 Å². The van der Waals surface area contributed by atoms with E-state index in [-0.39, 0.29) is 19.1 Å². The molecule has 1 heterocycles. The first-order valence-corrected chi connectivity index (χ1v) is 5.59. The highest BCUT2D eigenvalue weighted by Gasteiger charge is 2.25. The summed E-state index contributed by atoms with van der Waals surface area (Å²) in [5.74, 6) is 0.450. The quantitative estimate of drug-likeness (QED) is 0.780. The first-order valence-electron chi connectivity index (χ1n) is 4.51. The van der Waals surface area contributed by atoms with Crippen molar-refractivity contribution in [3.05, 3.63) is 21.8 Å². The van der Waals surface area contributed by atoms with Crippen LogP contribution < -0.4 is 9.64 Å². The van der Waals surface area contributed by atoms with Crippen molar-refractivity contribution >= 4 is 34.2 Å².